The van der Waals surface area contributed by atoms with Crippen molar-refractivity contribution in [2.75, 3.05) is 6.61 Å². The van der Waals surface area contributed by atoms with Crippen molar-refractivity contribution in [3.63, 3.8) is 0 Å². The molecule has 1 heterocycles. The normalized spacial score (nSPS) is 27.0. The van der Waals surface area contributed by atoms with Crippen molar-refractivity contribution >= 4 is 5.91 Å². The number of carbonyl (C=O) groups excluding carboxylic acids is 1. The molecule has 0 saturated heterocycles. The number of hydrogen-bond acceptors (Lipinski definition) is 3. The van der Waals surface area contributed by atoms with Crippen molar-refractivity contribution < 1.29 is 9.90 Å². The Morgan fingerprint density at radius 2 is 2.42 bits per heavy atom. The molecular weight excluding hydrogens is 240 g/mol. The van der Waals surface area contributed by atoms with Gasteiger partial charge in [-0.1, -0.05) is 19.8 Å². The topological polar surface area (TPSA) is 62.2 Å². The van der Waals surface area contributed by atoms with Crippen molar-refractivity contribution in [2.45, 2.75) is 45.1 Å². The first-order valence-corrected chi connectivity index (χ1v) is 6.91. The molecule has 104 valence electrons. The molecule has 19 heavy (non-hydrogen) atoms. The summed E-state index contributed by atoms with van der Waals surface area (Å²) in [5.41, 5.74) is 0.849. The number of rotatable bonds is 3. The van der Waals surface area contributed by atoms with Gasteiger partial charge in [-0.25, -0.2) is 0 Å². The number of carbonyl (C=O) groups is 1. The lowest BCUT2D eigenvalue weighted by Crippen LogP contribution is -2.54. The average molecular weight is 262 g/mol. The lowest BCUT2D eigenvalue weighted by molar-refractivity contribution is 0.0696. The molecule has 1 aromatic rings. The molecule has 0 radical (unpaired) electrons. The molecule has 1 aliphatic rings. The third-order valence-electron chi connectivity index (χ3n) is 4.02. The molecule has 1 fully saturated rings. The Hall–Kier alpha value is -1.42. The second-order valence-corrected chi connectivity index (χ2v) is 5.73. The van der Waals surface area contributed by atoms with Crippen LogP contribution in [0.5, 0.6) is 0 Å². The molecule has 0 bridgehead atoms. The summed E-state index contributed by atoms with van der Waals surface area (Å²) in [7, 11) is 0. The summed E-state index contributed by atoms with van der Waals surface area (Å²) in [6.07, 6.45) is 5.58. The first-order chi connectivity index (χ1) is 9.06. The van der Waals surface area contributed by atoms with E-state index >= 15 is 0 Å². The standard InChI is InChI=1S/C15H22N2O2/c1-11-5-3-7-15(9-11,10-18)17-14(19)13-6-4-8-16-12(13)2/h4,6,8,11,18H,3,5,7,9-10H2,1-2H3,(H,17,19). The molecule has 1 amide bonds. The Morgan fingerprint density at radius 1 is 1.63 bits per heavy atom. The second kappa shape index (κ2) is 5.70. The Labute approximate surface area is 114 Å². The van der Waals surface area contributed by atoms with E-state index < -0.39 is 5.54 Å². The number of nitrogens with zero attached hydrogens (tertiary/aromatic N) is 1. The molecule has 2 rings (SSSR count). The molecule has 0 spiro atoms. The van der Waals surface area contributed by atoms with E-state index in [1.807, 2.05) is 6.92 Å². The van der Waals surface area contributed by atoms with Crippen LogP contribution >= 0.6 is 0 Å². The van der Waals surface area contributed by atoms with Gasteiger partial charge in [0.25, 0.3) is 5.91 Å². The largest absolute Gasteiger partial charge is 0.394 e. The number of aryl methyl sites for hydroxylation is 1. The summed E-state index contributed by atoms with van der Waals surface area (Å²) in [6, 6.07) is 3.53. The van der Waals surface area contributed by atoms with Crippen molar-refractivity contribution in [1.82, 2.24) is 10.3 Å². The molecule has 1 saturated carbocycles. The molecule has 0 aromatic carbocycles. The van der Waals surface area contributed by atoms with Gasteiger partial charge in [-0.3, -0.25) is 9.78 Å². The Bertz CT molecular complexity index is 461. The predicted octanol–water partition coefficient (Wildman–Crippen LogP) is 2.06. The zero-order chi connectivity index (χ0) is 13.9. The zero-order valence-electron chi connectivity index (χ0n) is 11.6. The number of aliphatic hydroxyl groups excluding tert-OH is 1. The zero-order valence-corrected chi connectivity index (χ0v) is 11.6. The van der Waals surface area contributed by atoms with Crippen molar-refractivity contribution in [3.05, 3.63) is 29.6 Å². The average Bonchev–Trinajstić information content (AvgIpc) is 2.39. The first-order valence-electron chi connectivity index (χ1n) is 6.91. The summed E-state index contributed by atoms with van der Waals surface area (Å²) in [5, 5.41) is 12.7. The fraction of sp³-hybridized carbons (Fsp3) is 0.600. The third kappa shape index (κ3) is 3.13. The van der Waals surface area contributed by atoms with Gasteiger partial charge in [0.1, 0.15) is 0 Å². The maximum atomic E-state index is 12.3. The SMILES string of the molecule is Cc1ncccc1C(=O)NC1(CO)CCCC(C)C1. The van der Waals surface area contributed by atoms with Crippen LogP contribution in [-0.4, -0.2) is 28.1 Å². The van der Waals surface area contributed by atoms with Crippen LogP contribution in [0, 0.1) is 12.8 Å². The minimum Gasteiger partial charge on any atom is -0.394 e. The fourth-order valence-electron chi connectivity index (χ4n) is 2.99. The Kier molecular flexibility index (Phi) is 4.20. The van der Waals surface area contributed by atoms with Gasteiger partial charge < -0.3 is 10.4 Å². The predicted molar refractivity (Wildman–Crippen MR) is 73.9 cm³/mol. The second-order valence-electron chi connectivity index (χ2n) is 5.73. The molecule has 1 aromatic heterocycles. The Morgan fingerprint density at radius 3 is 3.05 bits per heavy atom. The summed E-state index contributed by atoms with van der Waals surface area (Å²) >= 11 is 0. The molecule has 2 unspecified atom stereocenters. The van der Waals surface area contributed by atoms with E-state index in [1.165, 1.54) is 6.42 Å². The van der Waals surface area contributed by atoms with Crippen LogP contribution in [0.2, 0.25) is 0 Å². The van der Waals surface area contributed by atoms with Crippen molar-refractivity contribution in [1.29, 1.82) is 0 Å². The van der Waals surface area contributed by atoms with Crippen molar-refractivity contribution in [3.8, 4) is 0 Å². The highest BCUT2D eigenvalue weighted by Crippen LogP contribution is 2.32. The first kappa shape index (κ1) is 14.0. The van der Waals surface area contributed by atoms with Gasteiger partial charge in [0, 0.05) is 11.9 Å². The smallest absolute Gasteiger partial charge is 0.253 e. The van der Waals surface area contributed by atoms with Crippen LogP contribution in [-0.2, 0) is 0 Å². The monoisotopic (exact) mass is 262 g/mol. The van der Waals surface area contributed by atoms with Gasteiger partial charge in [-0.05, 0) is 37.8 Å². The molecule has 4 heteroatoms. The van der Waals surface area contributed by atoms with E-state index in [1.54, 1.807) is 18.3 Å². The number of nitrogens with one attached hydrogen (secondary N) is 1. The van der Waals surface area contributed by atoms with E-state index in [0.717, 1.165) is 25.0 Å². The maximum Gasteiger partial charge on any atom is 0.253 e. The number of pyridine rings is 1. The highest BCUT2D eigenvalue weighted by atomic mass is 16.3. The van der Waals surface area contributed by atoms with E-state index in [9.17, 15) is 9.90 Å². The van der Waals surface area contributed by atoms with Gasteiger partial charge in [-0.15, -0.1) is 0 Å². The molecule has 4 nitrogen and oxygen atoms in total. The van der Waals surface area contributed by atoms with Crippen molar-refractivity contribution in [2.24, 2.45) is 5.92 Å². The summed E-state index contributed by atoms with van der Waals surface area (Å²) in [4.78, 5) is 16.5. The highest BCUT2D eigenvalue weighted by Gasteiger charge is 2.36. The van der Waals surface area contributed by atoms with E-state index in [4.69, 9.17) is 0 Å². The third-order valence-corrected chi connectivity index (χ3v) is 4.02. The van der Waals surface area contributed by atoms with Crippen LogP contribution in [0.25, 0.3) is 0 Å². The van der Waals surface area contributed by atoms with Crippen LogP contribution < -0.4 is 5.32 Å². The van der Waals surface area contributed by atoms with Gasteiger partial charge >= 0.3 is 0 Å². The minimum absolute atomic E-state index is 0.00237. The number of aromatic nitrogens is 1. The number of amides is 1. The fourth-order valence-corrected chi connectivity index (χ4v) is 2.99. The van der Waals surface area contributed by atoms with Crippen LogP contribution in [0.4, 0.5) is 0 Å². The summed E-state index contributed by atoms with van der Waals surface area (Å²) in [5.74, 6) is 0.407. The van der Waals surface area contributed by atoms with Crippen LogP contribution in [0.1, 0.15) is 48.7 Å². The number of aliphatic hydroxyl groups is 1. The quantitative estimate of drug-likeness (QED) is 0.876. The summed E-state index contributed by atoms with van der Waals surface area (Å²) in [6.45, 7) is 4.00. The number of hydrogen-bond donors (Lipinski definition) is 2. The van der Waals surface area contributed by atoms with Gasteiger partial charge in [-0.2, -0.15) is 0 Å². The molecule has 2 atom stereocenters. The maximum absolute atomic E-state index is 12.3. The lowest BCUT2D eigenvalue weighted by atomic mass is 9.76. The van der Waals surface area contributed by atoms with E-state index in [0.29, 0.717) is 11.5 Å². The molecular formula is C15H22N2O2. The molecule has 2 N–H and O–H groups in total. The van der Waals surface area contributed by atoms with Gasteiger partial charge in [0.15, 0.2) is 0 Å². The van der Waals surface area contributed by atoms with Gasteiger partial charge in [0.2, 0.25) is 0 Å². The highest BCUT2D eigenvalue weighted by molar-refractivity contribution is 5.95. The van der Waals surface area contributed by atoms with E-state index in [2.05, 4.69) is 17.2 Å². The van der Waals surface area contributed by atoms with E-state index in [-0.39, 0.29) is 12.5 Å². The lowest BCUT2D eigenvalue weighted by Gasteiger charge is -2.39. The molecule has 0 aliphatic heterocycles. The minimum atomic E-state index is -0.461. The Balaban J connectivity index is 2.14. The van der Waals surface area contributed by atoms with Gasteiger partial charge in [0.05, 0.1) is 17.7 Å². The molecule has 1 aliphatic carbocycles. The van der Waals surface area contributed by atoms with Crippen LogP contribution in [0.3, 0.4) is 0 Å². The summed E-state index contributed by atoms with van der Waals surface area (Å²) < 4.78 is 0. The van der Waals surface area contributed by atoms with Crippen LogP contribution in [0.15, 0.2) is 18.3 Å².